The number of amides is 1. The predicted octanol–water partition coefficient (Wildman–Crippen LogP) is 1.37. The summed E-state index contributed by atoms with van der Waals surface area (Å²) in [5.41, 5.74) is 7.41. The van der Waals surface area contributed by atoms with Crippen LogP contribution in [-0.2, 0) is 10.0 Å². The number of nitrogens with one attached hydrogen (secondary N) is 2. The molecule has 0 heterocycles. The van der Waals surface area contributed by atoms with Crippen LogP contribution in [0.2, 0.25) is 0 Å². The summed E-state index contributed by atoms with van der Waals surface area (Å²) in [6, 6.07) is 5.39. The van der Waals surface area contributed by atoms with E-state index >= 15 is 0 Å². The van der Waals surface area contributed by atoms with Gasteiger partial charge in [-0.1, -0.05) is 11.6 Å². The highest BCUT2D eigenvalue weighted by Gasteiger charge is 2.22. The molecule has 0 bridgehead atoms. The molecule has 0 spiro atoms. The van der Waals surface area contributed by atoms with Gasteiger partial charge in [0.15, 0.2) is 0 Å². The largest absolute Gasteiger partial charge is 0.349 e. The monoisotopic (exact) mass is 325 g/mol. The first-order valence-corrected chi connectivity index (χ1v) is 9.28. The van der Waals surface area contributed by atoms with Gasteiger partial charge in [-0.3, -0.25) is 9.52 Å². The first-order valence-electron chi connectivity index (χ1n) is 7.39. The van der Waals surface area contributed by atoms with Gasteiger partial charge in [0.1, 0.15) is 0 Å². The molecule has 1 amide bonds. The zero-order valence-corrected chi connectivity index (χ0v) is 13.7. The van der Waals surface area contributed by atoms with E-state index in [-0.39, 0.29) is 18.0 Å². The summed E-state index contributed by atoms with van der Waals surface area (Å²) >= 11 is 0. The molecule has 0 aromatic heterocycles. The smallest absolute Gasteiger partial charge is 0.253 e. The number of rotatable bonds is 4. The highest BCUT2D eigenvalue weighted by atomic mass is 32.2. The van der Waals surface area contributed by atoms with Gasteiger partial charge in [-0.15, -0.1) is 0 Å². The number of carbonyl (C=O) groups is 1. The Bertz CT molecular complexity index is 650. The lowest BCUT2D eigenvalue weighted by Crippen LogP contribution is -2.40. The third-order valence-electron chi connectivity index (χ3n) is 3.82. The first-order chi connectivity index (χ1) is 10.2. The van der Waals surface area contributed by atoms with Crippen molar-refractivity contribution in [2.45, 2.75) is 44.7 Å². The Morgan fingerprint density at radius 1 is 1.23 bits per heavy atom. The molecule has 1 aliphatic rings. The fraction of sp³-hybridized carbons (Fsp3) is 0.533. The summed E-state index contributed by atoms with van der Waals surface area (Å²) in [5.74, 6) is -0.254. The molecule has 0 aliphatic heterocycles. The van der Waals surface area contributed by atoms with Crippen molar-refractivity contribution in [2.75, 3.05) is 11.0 Å². The van der Waals surface area contributed by atoms with Crippen molar-refractivity contribution in [3.05, 3.63) is 29.3 Å². The van der Waals surface area contributed by atoms with E-state index in [1.54, 1.807) is 18.2 Å². The van der Waals surface area contributed by atoms with E-state index < -0.39 is 10.0 Å². The van der Waals surface area contributed by atoms with E-state index in [2.05, 4.69) is 10.0 Å². The highest BCUT2D eigenvalue weighted by molar-refractivity contribution is 7.92. The minimum atomic E-state index is -3.43. The van der Waals surface area contributed by atoms with E-state index in [0.29, 0.717) is 11.3 Å². The highest BCUT2D eigenvalue weighted by Crippen LogP contribution is 2.21. The van der Waals surface area contributed by atoms with Gasteiger partial charge in [-0.25, -0.2) is 8.42 Å². The number of hydrogen-bond donors (Lipinski definition) is 3. The van der Waals surface area contributed by atoms with Crippen molar-refractivity contribution in [1.82, 2.24) is 5.32 Å². The van der Waals surface area contributed by atoms with E-state index in [4.69, 9.17) is 5.73 Å². The van der Waals surface area contributed by atoms with Gasteiger partial charge in [-0.2, -0.15) is 0 Å². The molecule has 0 saturated heterocycles. The molecule has 4 N–H and O–H groups in total. The predicted molar refractivity (Wildman–Crippen MR) is 87.3 cm³/mol. The lowest BCUT2D eigenvalue weighted by Gasteiger charge is -2.27. The molecule has 0 atom stereocenters. The molecular weight excluding hydrogens is 302 g/mol. The Morgan fingerprint density at radius 3 is 2.45 bits per heavy atom. The van der Waals surface area contributed by atoms with E-state index in [1.807, 2.05) is 6.92 Å². The molecule has 6 nitrogen and oxygen atoms in total. The molecule has 0 radical (unpaired) electrons. The Labute approximate surface area is 131 Å². The van der Waals surface area contributed by atoms with Gasteiger partial charge in [0, 0.05) is 12.1 Å². The third kappa shape index (κ3) is 4.71. The molecule has 22 heavy (non-hydrogen) atoms. The molecule has 1 aromatic rings. The summed E-state index contributed by atoms with van der Waals surface area (Å²) in [4.78, 5) is 12.5. The van der Waals surface area contributed by atoms with Crippen LogP contribution in [0, 0.1) is 6.92 Å². The second kappa shape index (κ2) is 6.66. The van der Waals surface area contributed by atoms with Gasteiger partial charge in [-0.05, 0) is 44.7 Å². The fourth-order valence-electron chi connectivity index (χ4n) is 2.66. The van der Waals surface area contributed by atoms with E-state index in [1.165, 1.54) is 0 Å². The normalized spacial score (nSPS) is 22.1. The van der Waals surface area contributed by atoms with Crippen LogP contribution in [0.5, 0.6) is 0 Å². The van der Waals surface area contributed by atoms with Crippen LogP contribution in [0.3, 0.4) is 0 Å². The summed E-state index contributed by atoms with van der Waals surface area (Å²) < 4.78 is 25.3. The average molecular weight is 325 g/mol. The van der Waals surface area contributed by atoms with Gasteiger partial charge in [0.25, 0.3) is 5.91 Å². The lowest BCUT2D eigenvalue weighted by atomic mass is 9.91. The minimum absolute atomic E-state index is 0.0962. The van der Waals surface area contributed by atoms with Crippen LogP contribution >= 0.6 is 0 Å². The van der Waals surface area contributed by atoms with Gasteiger partial charge >= 0.3 is 0 Å². The number of anilines is 1. The minimum Gasteiger partial charge on any atom is -0.349 e. The van der Waals surface area contributed by atoms with Crippen molar-refractivity contribution < 1.29 is 13.2 Å². The van der Waals surface area contributed by atoms with Gasteiger partial charge < -0.3 is 11.1 Å². The SMILES string of the molecule is Cc1ccc(NS(C)(=O)=O)c(C(=O)NC2CCC(N)CC2)c1. The van der Waals surface area contributed by atoms with Gasteiger partial charge in [0.05, 0.1) is 17.5 Å². The van der Waals surface area contributed by atoms with Crippen molar-refractivity contribution in [1.29, 1.82) is 0 Å². The summed E-state index contributed by atoms with van der Waals surface area (Å²) in [7, 11) is -3.43. The fourth-order valence-corrected chi connectivity index (χ4v) is 3.24. The maximum Gasteiger partial charge on any atom is 0.253 e. The number of nitrogens with two attached hydrogens (primary N) is 1. The topological polar surface area (TPSA) is 101 Å². The second-order valence-corrected chi connectivity index (χ2v) is 7.76. The standard InChI is InChI=1S/C15H23N3O3S/c1-10-3-8-14(18-22(2,20)21)13(9-10)15(19)17-12-6-4-11(16)5-7-12/h3,8-9,11-12,18H,4-7,16H2,1-2H3,(H,17,19). The molecular formula is C15H23N3O3S. The zero-order chi connectivity index (χ0) is 16.3. The Hall–Kier alpha value is -1.60. The van der Waals surface area contributed by atoms with Crippen LogP contribution < -0.4 is 15.8 Å². The summed E-state index contributed by atoms with van der Waals surface area (Å²) in [6.45, 7) is 1.86. The number of hydrogen-bond acceptors (Lipinski definition) is 4. The average Bonchev–Trinajstić information content (AvgIpc) is 2.42. The Balaban J connectivity index is 2.16. The maximum atomic E-state index is 12.5. The zero-order valence-electron chi connectivity index (χ0n) is 12.9. The van der Waals surface area contributed by atoms with Crippen LogP contribution in [0.4, 0.5) is 5.69 Å². The maximum absolute atomic E-state index is 12.5. The van der Waals surface area contributed by atoms with Gasteiger partial charge in [0.2, 0.25) is 10.0 Å². The van der Waals surface area contributed by atoms with Crippen LogP contribution in [-0.4, -0.2) is 32.7 Å². The Morgan fingerprint density at radius 2 is 1.86 bits per heavy atom. The third-order valence-corrected chi connectivity index (χ3v) is 4.41. The Kier molecular flexibility index (Phi) is 5.08. The lowest BCUT2D eigenvalue weighted by molar-refractivity contribution is 0.0926. The van der Waals surface area contributed by atoms with E-state index in [0.717, 1.165) is 37.5 Å². The first kappa shape index (κ1) is 16.8. The molecule has 1 saturated carbocycles. The van der Waals surface area contributed by atoms with Crippen LogP contribution in [0.25, 0.3) is 0 Å². The molecule has 1 aromatic carbocycles. The van der Waals surface area contributed by atoms with E-state index in [9.17, 15) is 13.2 Å². The molecule has 7 heteroatoms. The second-order valence-electron chi connectivity index (χ2n) is 6.01. The summed E-state index contributed by atoms with van der Waals surface area (Å²) in [5, 5.41) is 2.98. The number of benzene rings is 1. The molecule has 1 aliphatic carbocycles. The van der Waals surface area contributed by atoms with Crippen molar-refractivity contribution >= 4 is 21.6 Å². The number of aryl methyl sites for hydroxylation is 1. The molecule has 2 rings (SSSR count). The van der Waals surface area contributed by atoms with Crippen LogP contribution in [0.15, 0.2) is 18.2 Å². The number of sulfonamides is 1. The van der Waals surface area contributed by atoms with Crippen molar-refractivity contribution in [3.8, 4) is 0 Å². The molecule has 0 unspecified atom stereocenters. The number of carbonyl (C=O) groups excluding carboxylic acids is 1. The van der Waals surface area contributed by atoms with Crippen molar-refractivity contribution in [2.24, 2.45) is 5.73 Å². The molecule has 1 fully saturated rings. The summed E-state index contributed by atoms with van der Waals surface area (Å²) in [6.07, 6.45) is 4.57. The quantitative estimate of drug-likeness (QED) is 0.778. The van der Waals surface area contributed by atoms with Crippen molar-refractivity contribution in [3.63, 3.8) is 0 Å². The molecule has 122 valence electrons. The van der Waals surface area contributed by atoms with Crippen LogP contribution in [0.1, 0.15) is 41.6 Å².